The first kappa shape index (κ1) is 14.7. The van der Waals surface area contributed by atoms with E-state index in [2.05, 4.69) is 21.2 Å². The van der Waals surface area contributed by atoms with E-state index < -0.39 is 23.2 Å². The predicted octanol–water partition coefficient (Wildman–Crippen LogP) is 4.19. The standard InChI is InChI=1S/C14H13BrF2N2O/c1-2-6-19-8-9(15)7-12(19)14(20)18-13-10(16)4-3-5-11(13)17/h3-5,7-8H,2,6H2,1H3,(H,18,20). The van der Waals surface area contributed by atoms with Crippen molar-refractivity contribution >= 4 is 27.5 Å². The summed E-state index contributed by atoms with van der Waals surface area (Å²) in [4.78, 5) is 12.1. The summed E-state index contributed by atoms with van der Waals surface area (Å²) in [5, 5.41) is 2.28. The largest absolute Gasteiger partial charge is 0.342 e. The Morgan fingerprint density at radius 3 is 2.60 bits per heavy atom. The Bertz CT molecular complexity index is 620. The van der Waals surface area contributed by atoms with Gasteiger partial charge in [0.15, 0.2) is 0 Å². The number of aryl methyl sites for hydroxylation is 1. The second-order valence-electron chi connectivity index (χ2n) is 4.29. The first-order valence-electron chi connectivity index (χ1n) is 6.14. The maximum atomic E-state index is 13.5. The number of amides is 1. The van der Waals surface area contributed by atoms with Crippen LogP contribution in [-0.2, 0) is 6.54 Å². The van der Waals surface area contributed by atoms with Crippen LogP contribution in [0.1, 0.15) is 23.8 Å². The van der Waals surface area contributed by atoms with Crippen LogP contribution in [0.2, 0.25) is 0 Å². The van der Waals surface area contributed by atoms with Crippen molar-refractivity contribution in [3.63, 3.8) is 0 Å². The minimum atomic E-state index is -0.800. The smallest absolute Gasteiger partial charge is 0.272 e. The zero-order chi connectivity index (χ0) is 14.7. The number of nitrogens with one attached hydrogen (secondary N) is 1. The highest BCUT2D eigenvalue weighted by molar-refractivity contribution is 9.10. The third kappa shape index (κ3) is 3.07. The SMILES string of the molecule is CCCn1cc(Br)cc1C(=O)Nc1c(F)cccc1F. The van der Waals surface area contributed by atoms with Crippen molar-refractivity contribution in [2.45, 2.75) is 19.9 Å². The van der Waals surface area contributed by atoms with Gasteiger partial charge in [-0.1, -0.05) is 13.0 Å². The average Bonchev–Trinajstić information content (AvgIpc) is 2.75. The molecule has 0 fully saturated rings. The number of hydrogen-bond acceptors (Lipinski definition) is 1. The van der Waals surface area contributed by atoms with Gasteiger partial charge in [-0.15, -0.1) is 0 Å². The minimum absolute atomic E-state index is 0.348. The van der Waals surface area contributed by atoms with Crippen molar-refractivity contribution in [1.82, 2.24) is 4.57 Å². The summed E-state index contributed by atoms with van der Waals surface area (Å²) in [6.45, 7) is 2.63. The van der Waals surface area contributed by atoms with Gasteiger partial charge in [0.2, 0.25) is 0 Å². The first-order valence-corrected chi connectivity index (χ1v) is 6.93. The van der Waals surface area contributed by atoms with Crippen LogP contribution >= 0.6 is 15.9 Å². The van der Waals surface area contributed by atoms with Crippen LogP contribution in [0.5, 0.6) is 0 Å². The molecule has 0 atom stereocenters. The van der Waals surface area contributed by atoms with Gasteiger partial charge in [0, 0.05) is 17.2 Å². The molecule has 106 valence electrons. The fraction of sp³-hybridized carbons (Fsp3) is 0.214. The Balaban J connectivity index is 2.28. The number of para-hydroxylation sites is 1. The molecule has 1 N–H and O–H groups in total. The molecule has 0 aliphatic rings. The molecule has 0 aliphatic carbocycles. The van der Waals surface area contributed by atoms with Gasteiger partial charge in [-0.05, 0) is 40.5 Å². The molecule has 20 heavy (non-hydrogen) atoms. The predicted molar refractivity (Wildman–Crippen MR) is 76.7 cm³/mol. The minimum Gasteiger partial charge on any atom is -0.342 e. The average molecular weight is 343 g/mol. The third-order valence-corrected chi connectivity index (χ3v) is 3.20. The summed E-state index contributed by atoms with van der Waals surface area (Å²) in [7, 11) is 0. The van der Waals surface area contributed by atoms with Crippen LogP contribution in [-0.4, -0.2) is 10.5 Å². The lowest BCUT2D eigenvalue weighted by Crippen LogP contribution is -2.18. The van der Waals surface area contributed by atoms with E-state index in [1.807, 2.05) is 6.92 Å². The van der Waals surface area contributed by atoms with Crippen molar-refractivity contribution in [3.05, 3.63) is 52.3 Å². The zero-order valence-electron chi connectivity index (χ0n) is 10.8. The molecule has 0 radical (unpaired) electrons. The normalized spacial score (nSPS) is 10.6. The van der Waals surface area contributed by atoms with E-state index in [9.17, 15) is 13.6 Å². The van der Waals surface area contributed by atoms with Crippen LogP contribution in [0.15, 0.2) is 34.9 Å². The van der Waals surface area contributed by atoms with Crippen LogP contribution in [0.3, 0.4) is 0 Å². The third-order valence-electron chi connectivity index (χ3n) is 2.76. The number of hydrogen-bond donors (Lipinski definition) is 1. The Hall–Kier alpha value is -1.69. The summed E-state index contributed by atoms with van der Waals surface area (Å²) < 4.78 is 29.5. The second-order valence-corrected chi connectivity index (χ2v) is 5.20. The van der Waals surface area contributed by atoms with Crippen molar-refractivity contribution in [2.75, 3.05) is 5.32 Å². The summed E-state index contributed by atoms with van der Waals surface area (Å²) in [5.41, 5.74) is -0.0840. The highest BCUT2D eigenvalue weighted by atomic mass is 79.9. The molecule has 0 saturated carbocycles. The summed E-state index contributed by atoms with van der Waals surface area (Å²) in [6.07, 6.45) is 2.60. The van der Waals surface area contributed by atoms with E-state index in [0.29, 0.717) is 12.2 Å². The number of anilines is 1. The molecule has 1 aromatic carbocycles. The number of aromatic nitrogens is 1. The lowest BCUT2D eigenvalue weighted by Gasteiger charge is -2.10. The fourth-order valence-corrected chi connectivity index (χ4v) is 2.35. The molecule has 3 nitrogen and oxygen atoms in total. The molecular formula is C14H13BrF2N2O. The molecule has 1 heterocycles. The maximum Gasteiger partial charge on any atom is 0.272 e. The Morgan fingerprint density at radius 1 is 1.35 bits per heavy atom. The number of halogens is 3. The van der Waals surface area contributed by atoms with E-state index >= 15 is 0 Å². The Labute approximate surface area is 123 Å². The van der Waals surface area contributed by atoms with E-state index in [0.717, 1.165) is 23.0 Å². The van der Waals surface area contributed by atoms with E-state index in [4.69, 9.17) is 0 Å². The van der Waals surface area contributed by atoms with Crippen LogP contribution in [0.25, 0.3) is 0 Å². The van der Waals surface area contributed by atoms with E-state index in [1.165, 1.54) is 6.07 Å². The fourth-order valence-electron chi connectivity index (χ4n) is 1.89. The lowest BCUT2D eigenvalue weighted by atomic mass is 10.2. The highest BCUT2D eigenvalue weighted by Crippen LogP contribution is 2.21. The zero-order valence-corrected chi connectivity index (χ0v) is 12.4. The van der Waals surface area contributed by atoms with Crippen LogP contribution < -0.4 is 5.32 Å². The maximum absolute atomic E-state index is 13.5. The van der Waals surface area contributed by atoms with Gasteiger partial charge in [0.05, 0.1) is 0 Å². The summed E-state index contributed by atoms with van der Waals surface area (Å²) in [5.74, 6) is -2.15. The number of nitrogens with zero attached hydrogens (tertiary/aromatic N) is 1. The molecule has 2 aromatic rings. The second kappa shape index (κ2) is 6.17. The quantitative estimate of drug-likeness (QED) is 0.887. The van der Waals surface area contributed by atoms with Gasteiger partial charge in [-0.3, -0.25) is 4.79 Å². The molecule has 6 heteroatoms. The molecule has 1 aromatic heterocycles. The van der Waals surface area contributed by atoms with E-state index in [1.54, 1.807) is 16.8 Å². The molecule has 0 spiro atoms. The van der Waals surface area contributed by atoms with E-state index in [-0.39, 0.29) is 0 Å². The number of rotatable bonds is 4. The van der Waals surface area contributed by atoms with Crippen molar-refractivity contribution < 1.29 is 13.6 Å². The van der Waals surface area contributed by atoms with Crippen molar-refractivity contribution in [2.24, 2.45) is 0 Å². The number of carbonyl (C=O) groups excluding carboxylic acids is 1. The topological polar surface area (TPSA) is 34.0 Å². The monoisotopic (exact) mass is 342 g/mol. The number of carbonyl (C=O) groups is 1. The van der Waals surface area contributed by atoms with Crippen LogP contribution in [0, 0.1) is 11.6 Å². The molecule has 1 amide bonds. The van der Waals surface area contributed by atoms with Gasteiger partial charge in [0.25, 0.3) is 5.91 Å². The van der Waals surface area contributed by atoms with Crippen molar-refractivity contribution in [1.29, 1.82) is 0 Å². The molecule has 0 bridgehead atoms. The van der Waals surface area contributed by atoms with Crippen LogP contribution in [0.4, 0.5) is 14.5 Å². The molecule has 0 aliphatic heterocycles. The van der Waals surface area contributed by atoms with Gasteiger partial charge in [0.1, 0.15) is 23.0 Å². The Kier molecular flexibility index (Phi) is 4.54. The highest BCUT2D eigenvalue weighted by Gasteiger charge is 2.17. The van der Waals surface area contributed by atoms with Crippen molar-refractivity contribution in [3.8, 4) is 0 Å². The molecule has 2 rings (SSSR count). The van der Waals surface area contributed by atoms with Gasteiger partial charge < -0.3 is 9.88 Å². The molecular weight excluding hydrogens is 330 g/mol. The summed E-state index contributed by atoms with van der Waals surface area (Å²) >= 11 is 3.29. The van der Waals surface area contributed by atoms with Gasteiger partial charge >= 0.3 is 0 Å². The first-order chi connectivity index (χ1) is 9.52. The number of benzene rings is 1. The van der Waals surface area contributed by atoms with Gasteiger partial charge in [-0.25, -0.2) is 8.78 Å². The molecule has 0 saturated heterocycles. The Morgan fingerprint density at radius 2 is 2.00 bits per heavy atom. The molecule has 0 unspecified atom stereocenters. The lowest BCUT2D eigenvalue weighted by molar-refractivity contribution is 0.101. The van der Waals surface area contributed by atoms with Gasteiger partial charge in [-0.2, -0.15) is 0 Å². The summed E-state index contributed by atoms with van der Waals surface area (Å²) in [6, 6.07) is 5.06.